The van der Waals surface area contributed by atoms with E-state index >= 15 is 0 Å². The zero-order valence-electron chi connectivity index (χ0n) is 10.7. The molecule has 0 aromatic heterocycles. The van der Waals surface area contributed by atoms with E-state index in [4.69, 9.17) is 0 Å². The quantitative estimate of drug-likeness (QED) is 0.541. The van der Waals surface area contributed by atoms with E-state index in [9.17, 15) is 8.78 Å². The molecule has 0 aliphatic heterocycles. The highest BCUT2D eigenvalue weighted by Crippen LogP contribution is 2.24. The minimum absolute atomic E-state index is 0.192. The molecule has 0 N–H and O–H groups in total. The Bertz CT molecular complexity index is 521. The van der Waals surface area contributed by atoms with Crippen LogP contribution < -0.4 is 0 Å². The van der Waals surface area contributed by atoms with Gasteiger partial charge in [0.05, 0.1) is 0 Å². The molecule has 0 radical (unpaired) electrons. The summed E-state index contributed by atoms with van der Waals surface area (Å²) in [7, 11) is 0. The van der Waals surface area contributed by atoms with Crippen molar-refractivity contribution in [2.75, 3.05) is 5.33 Å². The Morgan fingerprint density at radius 3 is 1.80 bits per heavy atom. The number of alkyl halides is 2. The third kappa shape index (κ3) is 5.97. The Morgan fingerprint density at radius 2 is 1.40 bits per heavy atom. The predicted octanol–water partition coefficient (Wildman–Crippen LogP) is 6.13. The zero-order chi connectivity index (χ0) is 15.0. The highest BCUT2D eigenvalue weighted by molar-refractivity contribution is 9.12. The van der Waals surface area contributed by atoms with Gasteiger partial charge in [-0.3, -0.25) is 0 Å². The molecule has 0 aliphatic rings. The first-order chi connectivity index (χ1) is 9.56. The highest BCUT2D eigenvalue weighted by atomic mass is 79.9. The highest BCUT2D eigenvalue weighted by Gasteiger charge is 2.03. The van der Waals surface area contributed by atoms with Gasteiger partial charge in [-0.05, 0) is 35.4 Å². The van der Waals surface area contributed by atoms with E-state index in [1.54, 1.807) is 30.3 Å². The van der Waals surface area contributed by atoms with E-state index in [0.717, 1.165) is 16.5 Å². The number of rotatable bonds is 3. The molecule has 0 aliphatic carbocycles. The van der Waals surface area contributed by atoms with Gasteiger partial charge in [0.2, 0.25) is 0 Å². The van der Waals surface area contributed by atoms with E-state index < -0.39 is 0 Å². The van der Waals surface area contributed by atoms with Crippen molar-refractivity contribution in [2.45, 2.75) is 4.83 Å². The van der Waals surface area contributed by atoms with Crippen molar-refractivity contribution >= 4 is 37.9 Å². The van der Waals surface area contributed by atoms with Gasteiger partial charge in [0.1, 0.15) is 11.6 Å². The summed E-state index contributed by atoms with van der Waals surface area (Å²) < 4.78 is 24.6. The van der Waals surface area contributed by atoms with Gasteiger partial charge in [-0.2, -0.15) is 0 Å². The lowest BCUT2D eigenvalue weighted by Crippen LogP contribution is -1.89. The third-order valence-corrected chi connectivity index (χ3v) is 4.84. The summed E-state index contributed by atoms with van der Waals surface area (Å²) in [5.74, 6) is -0.399. The molecule has 0 saturated carbocycles. The average Bonchev–Trinajstić information content (AvgIpc) is 2.49. The van der Waals surface area contributed by atoms with Crippen LogP contribution in [-0.4, -0.2) is 5.33 Å². The van der Waals surface area contributed by atoms with Gasteiger partial charge in [0.15, 0.2) is 0 Å². The Morgan fingerprint density at radius 1 is 0.950 bits per heavy atom. The molecule has 106 valence electrons. The number of halogens is 4. The standard InChI is InChI=1S/C8H7Br2F.C8H7F/c9-5-8(10)6-1-3-7(11)4-2-6;1-2-7-3-5-8(9)6-4-7/h1-4,8H,5H2;2-6H,1H2. The topological polar surface area (TPSA) is 0 Å². The fourth-order valence-electron chi connectivity index (χ4n) is 1.36. The van der Waals surface area contributed by atoms with Crippen LogP contribution in [0, 0.1) is 11.6 Å². The van der Waals surface area contributed by atoms with Crippen molar-refractivity contribution in [3.05, 3.63) is 77.9 Å². The summed E-state index contributed by atoms with van der Waals surface area (Å²) in [4.78, 5) is 0.267. The molecule has 4 heteroatoms. The van der Waals surface area contributed by atoms with Crippen molar-refractivity contribution in [1.29, 1.82) is 0 Å². The van der Waals surface area contributed by atoms with Crippen molar-refractivity contribution in [3.8, 4) is 0 Å². The summed E-state index contributed by atoms with van der Waals surface area (Å²) in [5.41, 5.74) is 2.03. The average molecular weight is 404 g/mol. The fraction of sp³-hybridized carbons (Fsp3) is 0.125. The largest absolute Gasteiger partial charge is 0.207 e. The molecule has 1 atom stereocenters. The molecule has 0 spiro atoms. The van der Waals surface area contributed by atoms with Gasteiger partial charge in [-0.15, -0.1) is 0 Å². The molecule has 0 heterocycles. The molecule has 20 heavy (non-hydrogen) atoms. The second-order valence-corrected chi connectivity index (χ2v) is 5.68. The van der Waals surface area contributed by atoms with Crippen LogP contribution in [0.2, 0.25) is 0 Å². The molecular formula is C16H14Br2F2. The molecule has 0 saturated heterocycles. The van der Waals surface area contributed by atoms with E-state index in [1.807, 2.05) is 0 Å². The Kier molecular flexibility index (Phi) is 7.70. The lowest BCUT2D eigenvalue weighted by atomic mass is 10.2. The molecule has 0 amide bonds. The zero-order valence-corrected chi connectivity index (χ0v) is 13.9. The van der Waals surface area contributed by atoms with Crippen LogP contribution in [0.3, 0.4) is 0 Å². The SMILES string of the molecule is C=Cc1ccc(F)cc1.Fc1ccc(C(Br)CBr)cc1. The summed E-state index contributed by atoms with van der Waals surface area (Å²) >= 11 is 6.77. The van der Waals surface area contributed by atoms with E-state index in [1.165, 1.54) is 24.3 Å². The lowest BCUT2D eigenvalue weighted by molar-refractivity contribution is 0.627. The summed E-state index contributed by atoms with van der Waals surface area (Å²) in [6.07, 6.45) is 1.68. The maximum absolute atomic E-state index is 12.4. The van der Waals surface area contributed by atoms with Gasteiger partial charge < -0.3 is 0 Å². The molecule has 2 aromatic carbocycles. The van der Waals surface area contributed by atoms with Crippen LogP contribution >= 0.6 is 31.9 Å². The van der Waals surface area contributed by atoms with Crippen LogP contribution in [0.5, 0.6) is 0 Å². The van der Waals surface area contributed by atoms with Crippen molar-refractivity contribution in [1.82, 2.24) is 0 Å². The third-order valence-electron chi connectivity index (χ3n) is 2.47. The number of benzene rings is 2. The number of hydrogen-bond acceptors (Lipinski definition) is 0. The molecule has 2 aromatic rings. The first-order valence-corrected chi connectivity index (χ1v) is 7.94. The molecule has 0 fully saturated rings. The second kappa shape index (κ2) is 9.03. The van der Waals surface area contributed by atoms with Gasteiger partial charge >= 0.3 is 0 Å². The Labute approximate surface area is 134 Å². The van der Waals surface area contributed by atoms with E-state index in [0.29, 0.717) is 0 Å². The van der Waals surface area contributed by atoms with E-state index in [2.05, 4.69) is 38.4 Å². The monoisotopic (exact) mass is 402 g/mol. The van der Waals surface area contributed by atoms with Crippen LogP contribution in [0.1, 0.15) is 16.0 Å². The maximum Gasteiger partial charge on any atom is 0.123 e. The van der Waals surface area contributed by atoms with Gasteiger partial charge in [0.25, 0.3) is 0 Å². The van der Waals surface area contributed by atoms with Crippen LogP contribution in [0.4, 0.5) is 8.78 Å². The fourth-order valence-corrected chi connectivity index (χ4v) is 2.04. The summed E-state index contributed by atoms with van der Waals surface area (Å²) in [6, 6.07) is 12.7. The Hall–Kier alpha value is -1.000. The Balaban J connectivity index is 0.000000204. The minimum atomic E-state index is -0.208. The first kappa shape index (κ1) is 17.1. The van der Waals surface area contributed by atoms with Crippen LogP contribution in [0.15, 0.2) is 55.1 Å². The van der Waals surface area contributed by atoms with Crippen molar-refractivity contribution in [2.24, 2.45) is 0 Å². The normalized spacial score (nSPS) is 11.2. The second-order valence-electron chi connectivity index (χ2n) is 3.93. The molecule has 0 bridgehead atoms. The number of hydrogen-bond donors (Lipinski definition) is 0. The van der Waals surface area contributed by atoms with Gasteiger partial charge in [-0.1, -0.05) is 68.8 Å². The smallest absolute Gasteiger partial charge is 0.123 e. The van der Waals surface area contributed by atoms with Crippen molar-refractivity contribution in [3.63, 3.8) is 0 Å². The molecule has 2 rings (SSSR count). The molecule has 0 nitrogen and oxygen atoms in total. The maximum atomic E-state index is 12.4. The van der Waals surface area contributed by atoms with Crippen LogP contribution in [-0.2, 0) is 0 Å². The van der Waals surface area contributed by atoms with Crippen molar-refractivity contribution < 1.29 is 8.78 Å². The van der Waals surface area contributed by atoms with Crippen LogP contribution in [0.25, 0.3) is 6.08 Å². The summed E-state index contributed by atoms with van der Waals surface area (Å²) in [5, 5.41) is 0.832. The lowest BCUT2D eigenvalue weighted by Gasteiger charge is -2.04. The molecular weight excluding hydrogens is 390 g/mol. The predicted molar refractivity (Wildman–Crippen MR) is 88.4 cm³/mol. The van der Waals surface area contributed by atoms with E-state index in [-0.39, 0.29) is 16.5 Å². The van der Waals surface area contributed by atoms with Gasteiger partial charge in [-0.25, -0.2) is 8.78 Å². The minimum Gasteiger partial charge on any atom is -0.207 e. The van der Waals surface area contributed by atoms with Gasteiger partial charge in [0, 0.05) is 10.2 Å². The summed E-state index contributed by atoms with van der Waals surface area (Å²) in [6.45, 7) is 3.54. The molecule has 1 unspecified atom stereocenters. The first-order valence-electron chi connectivity index (χ1n) is 5.90.